The van der Waals surface area contributed by atoms with Gasteiger partial charge >= 0.3 is 18.1 Å². The fourth-order valence-electron chi connectivity index (χ4n) is 1.38. The number of ether oxygens (including phenoxy) is 1. The summed E-state index contributed by atoms with van der Waals surface area (Å²) in [6.45, 7) is 1.52. The number of nitrogens with one attached hydrogen (secondary N) is 1. The van der Waals surface area contributed by atoms with E-state index in [0.29, 0.717) is 0 Å². The molecule has 0 fully saturated rings. The van der Waals surface area contributed by atoms with Gasteiger partial charge in [-0.25, -0.2) is 4.79 Å². The van der Waals surface area contributed by atoms with Crippen molar-refractivity contribution in [1.82, 2.24) is 0 Å². The zero-order chi connectivity index (χ0) is 17.1. The predicted octanol–water partition coefficient (Wildman–Crippen LogP) is 3.03. The van der Waals surface area contributed by atoms with E-state index in [1.165, 1.54) is 12.2 Å². The molecule has 0 bridgehead atoms. The van der Waals surface area contributed by atoms with Gasteiger partial charge in [-0.2, -0.15) is 13.2 Å². The van der Waals surface area contributed by atoms with Gasteiger partial charge < -0.3 is 10.1 Å². The number of amides is 1. The maximum Gasteiger partial charge on any atom is 0.471 e. The third-order valence-corrected chi connectivity index (χ3v) is 2.90. The van der Waals surface area contributed by atoms with Gasteiger partial charge in [-0.3, -0.25) is 14.9 Å². The molecule has 0 radical (unpaired) electrons. The van der Waals surface area contributed by atoms with Crippen molar-refractivity contribution >= 4 is 39.2 Å². The van der Waals surface area contributed by atoms with Gasteiger partial charge in [0.25, 0.3) is 5.69 Å². The molecule has 0 unspecified atom stereocenters. The normalized spacial score (nSPS) is 11.0. The summed E-state index contributed by atoms with van der Waals surface area (Å²) in [5, 5.41) is 12.3. The van der Waals surface area contributed by atoms with Gasteiger partial charge in [-0.15, -0.1) is 0 Å². The van der Waals surface area contributed by atoms with E-state index in [1.807, 2.05) is 0 Å². The molecule has 1 rings (SSSR count). The molecule has 0 spiro atoms. The lowest BCUT2D eigenvalue weighted by Crippen LogP contribution is -2.30. The van der Waals surface area contributed by atoms with Crippen molar-refractivity contribution in [2.45, 2.75) is 13.1 Å². The molecule has 1 aromatic carbocycles. The Morgan fingerprint density at radius 1 is 1.41 bits per heavy atom. The molecule has 1 amide bonds. The maximum atomic E-state index is 12.2. The van der Waals surface area contributed by atoms with E-state index in [4.69, 9.17) is 0 Å². The van der Waals surface area contributed by atoms with Crippen molar-refractivity contribution in [1.29, 1.82) is 0 Å². The van der Waals surface area contributed by atoms with Crippen LogP contribution in [0.4, 0.5) is 24.5 Å². The summed E-state index contributed by atoms with van der Waals surface area (Å²) < 4.78 is 41.1. The van der Waals surface area contributed by atoms with Gasteiger partial charge in [0, 0.05) is 10.5 Å². The summed E-state index contributed by atoms with van der Waals surface area (Å²) in [5.74, 6) is -3.26. The fraction of sp³-hybridized carbons (Fsp3) is 0.273. The molecule has 22 heavy (non-hydrogen) atoms. The van der Waals surface area contributed by atoms with Gasteiger partial charge in [-0.05, 0) is 28.9 Å². The molecule has 0 aromatic heterocycles. The number of nitro groups is 1. The van der Waals surface area contributed by atoms with Crippen LogP contribution in [0.15, 0.2) is 16.6 Å². The van der Waals surface area contributed by atoms with Crippen LogP contribution < -0.4 is 5.32 Å². The number of hydrogen-bond acceptors (Lipinski definition) is 5. The van der Waals surface area contributed by atoms with E-state index in [0.717, 1.165) is 12.1 Å². The second-order valence-electron chi connectivity index (χ2n) is 3.78. The lowest BCUT2D eigenvalue weighted by molar-refractivity contribution is -0.384. The van der Waals surface area contributed by atoms with Gasteiger partial charge in [0.1, 0.15) is 5.69 Å². The van der Waals surface area contributed by atoms with E-state index >= 15 is 0 Å². The van der Waals surface area contributed by atoms with Crippen molar-refractivity contribution in [3.8, 4) is 0 Å². The number of anilines is 1. The smallest absolute Gasteiger partial charge is 0.462 e. The molecule has 0 aliphatic rings. The van der Waals surface area contributed by atoms with Crippen LogP contribution in [0.25, 0.3) is 0 Å². The summed E-state index contributed by atoms with van der Waals surface area (Å²) in [4.78, 5) is 32.4. The zero-order valence-corrected chi connectivity index (χ0v) is 12.4. The molecule has 1 aromatic rings. The number of carbonyl (C=O) groups excluding carboxylic acids is 2. The molecule has 120 valence electrons. The number of hydrogen-bond donors (Lipinski definition) is 1. The summed E-state index contributed by atoms with van der Waals surface area (Å²) in [6, 6.07) is 1.73. The first-order valence-electron chi connectivity index (χ1n) is 5.61. The molecule has 7 nitrogen and oxygen atoms in total. The average molecular weight is 385 g/mol. The molecule has 0 heterocycles. The van der Waals surface area contributed by atoms with Crippen molar-refractivity contribution in [3.63, 3.8) is 0 Å². The van der Waals surface area contributed by atoms with Crippen molar-refractivity contribution in [2.24, 2.45) is 0 Å². The van der Waals surface area contributed by atoms with Crippen LogP contribution in [-0.4, -0.2) is 29.6 Å². The van der Waals surface area contributed by atoms with Gasteiger partial charge in [0.15, 0.2) is 0 Å². The van der Waals surface area contributed by atoms with E-state index < -0.39 is 34.4 Å². The first-order chi connectivity index (χ1) is 10.1. The monoisotopic (exact) mass is 384 g/mol. The van der Waals surface area contributed by atoms with Crippen LogP contribution in [0.5, 0.6) is 0 Å². The third kappa shape index (κ3) is 4.16. The minimum absolute atomic E-state index is 0.0107. The van der Waals surface area contributed by atoms with Crippen molar-refractivity contribution < 1.29 is 32.4 Å². The number of rotatable bonds is 4. The van der Waals surface area contributed by atoms with E-state index in [-0.39, 0.29) is 16.6 Å². The van der Waals surface area contributed by atoms with Crippen molar-refractivity contribution in [3.05, 3.63) is 32.3 Å². The second-order valence-corrected chi connectivity index (χ2v) is 4.64. The molecular formula is C11H8BrF3N2O5. The average Bonchev–Trinajstić information content (AvgIpc) is 2.39. The Morgan fingerprint density at radius 2 is 2.00 bits per heavy atom. The number of benzene rings is 1. The summed E-state index contributed by atoms with van der Waals surface area (Å²) in [7, 11) is 0. The Kier molecular flexibility index (Phi) is 5.47. The highest BCUT2D eigenvalue weighted by atomic mass is 79.9. The number of nitrogens with zero attached hydrogens (tertiary/aromatic N) is 1. The highest BCUT2D eigenvalue weighted by Crippen LogP contribution is 2.35. The van der Waals surface area contributed by atoms with Crippen LogP contribution in [0.1, 0.15) is 17.3 Å². The van der Waals surface area contributed by atoms with E-state index in [2.05, 4.69) is 20.7 Å². The van der Waals surface area contributed by atoms with Gasteiger partial charge in [0.2, 0.25) is 0 Å². The lowest BCUT2D eigenvalue weighted by Gasteiger charge is -2.11. The fourth-order valence-corrected chi connectivity index (χ4v) is 1.93. The van der Waals surface area contributed by atoms with Crippen LogP contribution in [-0.2, 0) is 9.53 Å². The molecule has 0 aliphatic heterocycles. The molecule has 11 heteroatoms. The minimum atomic E-state index is -5.22. The Balaban J connectivity index is 3.31. The maximum absolute atomic E-state index is 12.2. The van der Waals surface area contributed by atoms with Crippen molar-refractivity contribution in [2.75, 3.05) is 11.9 Å². The standard InChI is InChI=1S/C11H8BrF3N2O5/c1-2-22-9(18)5-3-6(12)8(7(4-5)17(20)21)16-10(19)11(13,14)15/h3-4H,2H2,1H3,(H,16,19). The highest BCUT2D eigenvalue weighted by Gasteiger charge is 2.40. The summed E-state index contributed by atoms with van der Waals surface area (Å²) in [6.07, 6.45) is -5.22. The number of halogens is 4. The molecule has 0 saturated carbocycles. The first-order valence-corrected chi connectivity index (χ1v) is 6.40. The lowest BCUT2D eigenvalue weighted by atomic mass is 10.1. The highest BCUT2D eigenvalue weighted by molar-refractivity contribution is 9.10. The largest absolute Gasteiger partial charge is 0.471 e. The predicted molar refractivity (Wildman–Crippen MR) is 71.4 cm³/mol. The van der Waals surface area contributed by atoms with Crippen LogP contribution in [0.2, 0.25) is 0 Å². The Labute approximate surface area is 129 Å². The second kappa shape index (κ2) is 6.73. The third-order valence-electron chi connectivity index (χ3n) is 2.27. The molecule has 0 atom stereocenters. The number of alkyl halides is 3. The summed E-state index contributed by atoms with van der Waals surface area (Å²) >= 11 is 2.79. The van der Waals surface area contributed by atoms with Crippen LogP contribution >= 0.6 is 15.9 Å². The Bertz CT molecular complexity index is 633. The Morgan fingerprint density at radius 3 is 2.45 bits per heavy atom. The number of esters is 1. The number of carbonyl (C=O) groups is 2. The topological polar surface area (TPSA) is 98.5 Å². The van der Waals surface area contributed by atoms with E-state index in [1.54, 1.807) is 0 Å². The summed E-state index contributed by atoms with van der Waals surface area (Å²) in [5.41, 5.74) is -1.83. The quantitative estimate of drug-likeness (QED) is 0.488. The molecule has 0 saturated heterocycles. The zero-order valence-electron chi connectivity index (χ0n) is 10.9. The van der Waals surface area contributed by atoms with Gasteiger partial charge in [0.05, 0.1) is 17.1 Å². The van der Waals surface area contributed by atoms with Gasteiger partial charge in [-0.1, -0.05) is 0 Å². The Hall–Kier alpha value is -2.17. The first kappa shape index (κ1) is 17.9. The number of nitro benzene ring substituents is 1. The van der Waals surface area contributed by atoms with Crippen LogP contribution in [0.3, 0.4) is 0 Å². The molecule has 1 N–H and O–H groups in total. The molecular weight excluding hydrogens is 377 g/mol. The van der Waals surface area contributed by atoms with Crippen LogP contribution in [0, 0.1) is 10.1 Å². The minimum Gasteiger partial charge on any atom is -0.462 e. The molecule has 0 aliphatic carbocycles. The van der Waals surface area contributed by atoms with E-state index in [9.17, 15) is 32.9 Å². The SMILES string of the molecule is CCOC(=O)c1cc(Br)c(NC(=O)C(F)(F)F)c([N+](=O)[O-])c1.